The van der Waals surface area contributed by atoms with E-state index in [1.807, 2.05) is 18.4 Å². The number of aromatic nitrogens is 2. The second-order valence-electron chi connectivity index (χ2n) is 5.61. The highest BCUT2D eigenvalue weighted by Crippen LogP contribution is 2.31. The Morgan fingerprint density at radius 3 is 2.29 bits per heavy atom. The summed E-state index contributed by atoms with van der Waals surface area (Å²) in [6.45, 7) is 4.43. The summed E-state index contributed by atoms with van der Waals surface area (Å²) < 4.78 is 39.9. The van der Waals surface area contributed by atoms with Gasteiger partial charge in [-0.05, 0) is 37.1 Å². The summed E-state index contributed by atoms with van der Waals surface area (Å²) in [6, 6.07) is 5.22. The molecule has 0 unspecified atom stereocenters. The predicted octanol–water partition coefficient (Wildman–Crippen LogP) is 4.72. The minimum Gasteiger partial charge on any atom is -0.397 e. The lowest BCUT2D eigenvalue weighted by Gasteiger charge is -2.11. The molecule has 3 nitrogen and oxygen atoms in total. The van der Waals surface area contributed by atoms with Gasteiger partial charge in [-0.1, -0.05) is 12.1 Å². The van der Waals surface area contributed by atoms with Gasteiger partial charge in [0.15, 0.2) is 0 Å². The minimum atomic E-state index is -4.32. The summed E-state index contributed by atoms with van der Waals surface area (Å²) in [7, 11) is 0. The number of rotatable bonds is 2. The molecular weight excluding hydrogens is 339 g/mol. The zero-order valence-corrected chi connectivity index (χ0v) is 14.0. The van der Waals surface area contributed by atoms with Crippen molar-refractivity contribution in [3.05, 3.63) is 59.0 Å². The second-order valence-corrected chi connectivity index (χ2v) is 5.61. The van der Waals surface area contributed by atoms with Crippen molar-refractivity contribution in [3.8, 4) is 0 Å². The molecule has 0 saturated heterocycles. The summed E-state index contributed by atoms with van der Waals surface area (Å²) in [5.41, 5.74) is 9.73. The van der Waals surface area contributed by atoms with E-state index in [-0.39, 0.29) is 12.4 Å². The molecule has 0 spiro atoms. The van der Waals surface area contributed by atoms with Crippen molar-refractivity contribution < 1.29 is 13.2 Å². The van der Waals surface area contributed by atoms with Gasteiger partial charge >= 0.3 is 6.18 Å². The van der Waals surface area contributed by atoms with E-state index in [1.54, 1.807) is 12.4 Å². The average molecular weight is 356 g/mol. The van der Waals surface area contributed by atoms with E-state index in [0.29, 0.717) is 12.2 Å². The molecule has 3 rings (SSSR count). The van der Waals surface area contributed by atoms with Gasteiger partial charge < -0.3 is 10.3 Å². The first kappa shape index (κ1) is 18.1. The van der Waals surface area contributed by atoms with Crippen molar-refractivity contribution in [2.24, 2.45) is 0 Å². The third kappa shape index (κ3) is 3.06. The van der Waals surface area contributed by atoms with Gasteiger partial charge in [0.05, 0.1) is 29.2 Å². The summed E-state index contributed by atoms with van der Waals surface area (Å²) >= 11 is 0. The highest BCUT2D eigenvalue weighted by molar-refractivity contribution is 5.94. The lowest BCUT2D eigenvalue weighted by atomic mass is 10.1. The third-order valence-corrected chi connectivity index (χ3v) is 4.19. The number of hydrogen-bond donors (Lipinski definition) is 1. The number of nitrogen functional groups attached to an aromatic ring is 1. The summed E-state index contributed by atoms with van der Waals surface area (Å²) in [5, 5.41) is 0.949. The van der Waals surface area contributed by atoms with Gasteiger partial charge in [0.1, 0.15) is 0 Å². The van der Waals surface area contributed by atoms with Crippen LogP contribution < -0.4 is 5.73 Å². The highest BCUT2D eigenvalue weighted by Gasteiger charge is 2.29. The van der Waals surface area contributed by atoms with E-state index in [9.17, 15) is 13.2 Å². The number of nitrogens with zero attached hydrogens (tertiary/aromatic N) is 2. The zero-order chi connectivity index (χ0) is 16.8. The van der Waals surface area contributed by atoms with Crippen molar-refractivity contribution in [2.75, 3.05) is 5.73 Å². The molecule has 3 aromatic rings. The topological polar surface area (TPSA) is 43.8 Å². The fraction of sp³-hybridized carbons (Fsp3) is 0.235. The molecular formula is C17H17ClF3N3. The minimum absolute atomic E-state index is 0. The van der Waals surface area contributed by atoms with Crippen molar-refractivity contribution in [3.63, 3.8) is 0 Å². The van der Waals surface area contributed by atoms with Crippen LogP contribution in [0, 0.1) is 13.8 Å². The molecule has 0 radical (unpaired) electrons. The standard InChI is InChI=1S/C17H16F3N3.ClH/c1-10-11(2)23(15-8-22-7-14(21)16(10)15)9-12-3-5-13(6-4-12)17(18,19)20;/h3-8H,9,21H2,1-2H3;1H. The van der Waals surface area contributed by atoms with Crippen molar-refractivity contribution in [1.82, 2.24) is 9.55 Å². The maximum absolute atomic E-state index is 12.6. The molecule has 0 saturated carbocycles. The third-order valence-electron chi connectivity index (χ3n) is 4.19. The van der Waals surface area contributed by atoms with Crippen LogP contribution >= 0.6 is 12.4 Å². The number of benzene rings is 1. The van der Waals surface area contributed by atoms with Crippen LogP contribution in [0.25, 0.3) is 10.9 Å². The number of pyridine rings is 1. The van der Waals surface area contributed by atoms with E-state index in [4.69, 9.17) is 5.73 Å². The van der Waals surface area contributed by atoms with E-state index in [1.165, 1.54) is 12.1 Å². The van der Waals surface area contributed by atoms with Crippen LogP contribution in [0.15, 0.2) is 36.7 Å². The molecule has 0 aliphatic rings. The van der Waals surface area contributed by atoms with Crippen molar-refractivity contribution in [2.45, 2.75) is 26.6 Å². The number of aryl methyl sites for hydroxylation is 1. The zero-order valence-electron chi connectivity index (χ0n) is 13.2. The molecule has 7 heteroatoms. The first-order chi connectivity index (χ1) is 10.8. The van der Waals surface area contributed by atoms with Crippen LogP contribution in [0.2, 0.25) is 0 Å². The number of alkyl halides is 3. The molecule has 0 fully saturated rings. The van der Waals surface area contributed by atoms with Crippen LogP contribution in [-0.4, -0.2) is 9.55 Å². The molecule has 0 aliphatic heterocycles. The SMILES string of the molecule is Cc1c(C)n(Cc2ccc(C(F)(F)F)cc2)c2cncc(N)c12.Cl. The monoisotopic (exact) mass is 355 g/mol. The maximum atomic E-state index is 12.6. The van der Waals surface area contributed by atoms with Gasteiger partial charge in [-0.15, -0.1) is 12.4 Å². The van der Waals surface area contributed by atoms with E-state index in [0.717, 1.165) is 39.9 Å². The molecule has 128 valence electrons. The Labute approximate surface area is 143 Å². The van der Waals surface area contributed by atoms with Gasteiger partial charge in [0.2, 0.25) is 0 Å². The predicted molar refractivity (Wildman–Crippen MR) is 91.4 cm³/mol. The molecule has 2 heterocycles. The van der Waals surface area contributed by atoms with E-state index >= 15 is 0 Å². The fourth-order valence-electron chi connectivity index (χ4n) is 2.83. The summed E-state index contributed by atoms with van der Waals surface area (Å²) in [4.78, 5) is 4.12. The smallest absolute Gasteiger partial charge is 0.397 e. The highest BCUT2D eigenvalue weighted by atomic mass is 35.5. The number of fused-ring (bicyclic) bond motifs is 1. The molecule has 0 atom stereocenters. The van der Waals surface area contributed by atoms with Gasteiger partial charge in [-0.2, -0.15) is 13.2 Å². The lowest BCUT2D eigenvalue weighted by molar-refractivity contribution is -0.137. The Bertz CT molecular complexity index is 867. The van der Waals surface area contributed by atoms with Crippen LogP contribution in [0.5, 0.6) is 0 Å². The lowest BCUT2D eigenvalue weighted by Crippen LogP contribution is -2.06. The van der Waals surface area contributed by atoms with E-state index in [2.05, 4.69) is 4.98 Å². The molecule has 2 aromatic heterocycles. The molecule has 0 bridgehead atoms. The Kier molecular flexibility index (Phi) is 4.80. The molecule has 1 aromatic carbocycles. The molecule has 24 heavy (non-hydrogen) atoms. The fourth-order valence-corrected chi connectivity index (χ4v) is 2.83. The summed E-state index contributed by atoms with van der Waals surface area (Å²) in [6.07, 6.45) is -0.976. The Hall–Kier alpha value is -2.21. The summed E-state index contributed by atoms with van der Waals surface area (Å²) in [5.74, 6) is 0. The van der Waals surface area contributed by atoms with Crippen LogP contribution in [0.1, 0.15) is 22.4 Å². The second kappa shape index (κ2) is 6.36. The van der Waals surface area contributed by atoms with Crippen molar-refractivity contribution >= 4 is 29.0 Å². The Morgan fingerprint density at radius 1 is 1.08 bits per heavy atom. The van der Waals surface area contributed by atoms with Crippen LogP contribution in [0.3, 0.4) is 0 Å². The average Bonchev–Trinajstić information content (AvgIpc) is 2.73. The van der Waals surface area contributed by atoms with Gasteiger partial charge in [-0.25, -0.2) is 0 Å². The Morgan fingerprint density at radius 2 is 1.71 bits per heavy atom. The number of halogens is 4. The Balaban J connectivity index is 0.00000208. The van der Waals surface area contributed by atoms with Gasteiger partial charge in [0, 0.05) is 17.6 Å². The van der Waals surface area contributed by atoms with Crippen LogP contribution in [0.4, 0.5) is 18.9 Å². The molecule has 0 aliphatic carbocycles. The van der Waals surface area contributed by atoms with Gasteiger partial charge in [0.25, 0.3) is 0 Å². The van der Waals surface area contributed by atoms with E-state index < -0.39 is 11.7 Å². The molecule has 0 amide bonds. The first-order valence-electron chi connectivity index (χ1n) is 7.14. The van der Waals surface area contributed by atoms with Gasteiger partial charge in [-0.3, -0.25) is 4.98 Å². The maximum Gasteiger partial charge on any atom is 0.416 e. The first-order valence-corrected chi connectivity index (χ1v) is 7.14. The number of hydrogen-bond acceptors (Lipinski definition) is 2. The number of anilines is 1. The van der Waals surface area contributed by atoms with Crippen molar-refractivity contribution in [1.29, 1.82) is 0 Å². The van der Waals surface area contributed by atoms with Crippen LogP contribution in [-0.2, 0) is 12.7 Å². The quantitative estimate of drug-likeness (QED) is 0.722. The largest absolute Gasteiger partial charge is 0.416 e. The normalized spacial score (nSPS) is 11.5. The molecule has 2 N–H and O–H groups in total. The number of nitrogens with two attached hydrogens (primary N) is 1.